The van der Waals surface area contributed by atoms with Crippen molar-refractivity contribution in [3.05, 3.63) is 54.3 Å². The summed E-state index contributed by atoms with van der Waals surface area (Å²) in [6.07, 6.45) is 1.14. The van der Waals surface area contributed by atoms with Crippen LogP contribution in [0.4, 0.5) is 13.2 Å². The fourth-order valence-corrected chi connectivity index (χ4v) is 2.54. The number of rotatable bonds is 7. The van der Waals surface area contributed by atoms with Crippen LogP contribution < -0.4 is 4.74 Å². The number of halogens is 3. The highest BCUT2D eigenvalue weighted by Gasteiger charge is 2.30. The molecule has 3 rings (SSSR count). The normalized spacial score (nSPS) is 14.3. The Kier molecular flexibility index (Phi) is 5.90. The van der Waals surface area contributed by atoms with Crippen LogP contribution in [0.2, 0.25) is 0 Å². The second kappa shape index (κ2) is 8.38. The third-order valence-electron chi connectivity index (χ3n) is 4.09. The van der Waals surface area contributed by atoms with Crippen molar-refractivity contribution in [3.63, 3.8) is 0 Å². The van der Waals surface area contributed by atoms with Gasteiger partial charge >= 0.3 is 6.36 Å². The molecule has 0 aliphatic rings. The van der Waals surface area contributed by atoms with E-state index in [0.717, 1.165) is 11.1 Å². The summed E-state index contributed by atoms with van der Waals surface area (Å²) in [5.74, 6) is 0.0720. The van der Waals surface area contributed by atoms with Crippen LogP contribution in [0.3, 0.4) is 0 Å². The topological polar surface area (TPSA) is 75.2 Å². The van der Waals surface area contributed by atoms with E-state index in [0.29, 0.717) is 23.5 Å². The van der Waals surface area contributed by atoms with Crippen LogP contribution in [0.15, 0.2) is 53.3 Å². The summed E-state index contributed by atoms with van der Waals surface area (Å²) in [6.45, 7) is 5.25. The van der Waals surface area contributed by atoms with E-state index in [1.54, 1.807) is 42.2 Å². The Morgan fingerprint density at radius 2 is 2.07 bits per heavy atom. The molecule has 0 N–H and O–H groups in total. The molecule has 0 aliphatic heterocycles. The molecule has 0 radical (unpaired) electrons. The molecule has 1 unspecified atom stereocenters. The van der Waals surface area contributed by atoms with Crippen LogP contribution in [0, 0.1) is 0 Å². The van der Waals surface area contributed by atoms with E-state index in [4.69, 9.17) is 9.26 Å². The highest BCUT2D eigenvalue weighted by atomic mass is 19.4. The molecule has 0 aliphatic carbocycles. The molecule has 3 aromatic rings. The molecule has 1 aromatic carbocycles. The molecule has 2 heterocycles. The zero-order valence-electron chi connectivity index (χ0n) is 16.0. The average molecular weight is 408 g/mol. The Balaban J connectivity index is 1.76. The fraction of sp³-hybridized carbons (Fsp3) is 0.316. The maximum atomic E-state index is 12.2. The van der Waals surface area contributed by atoms with Crippen LogP contribution in [-0.2, 0) is 4.74 Å². The van der Waals surface area contributed by atoms with E-state index >= 15 is 0 Å². The zero-order valence-corrected chi connectivity index (χ0v) is 16.0. The first-order chi connectivity index (χ1) is 13.7. The predicted molar refractivity (Wildman–Crippen MR) is 98.8 cm³/mol. The van der Waals surface area contributed by atoms with Gasteiger partial charge in [0.1, 0.15) is 25.0 Å². The van der Waals surface area contributed by atoms with Gasteiger partial charge in [-0.2, -0.15) is 5.10 Å². The minimum Gasteiger partial charge on any atom is -0.473 e. The van der Waals surface area contributed by atoms with Gasteiger partial charge in [-0.05, 0) is 55.3 Å². The van der Waals surface area contributed by atoms with Gasteiger partial charge in [-0.1, -0.05) is 12.1 Å². The summed E-state index contributed by atoms with van der Waals surface area (Å²) in [6, 6.07) is 5.26. The molecule has 0 saturated heterocycles. The van der Waals surface area contributed by atoms with E-state index < -0.39 is 6.36 Å². The van der Waals surface area contributed by atoms with E-state index in [1.807, 2.05) is 6.92 Å². The Hall–Kier alpha value is -3.30. The molecule has 29 heavy (non-hydrogen) atoms. The Labute approximate surface area is 164 Å². The molecule has 154 valence electrons. The standard InChI is InChI=1S/C19H19F3N4O3/c1-12(4-5-14(3)28-19(20,21)22)15-6-7-17-16(8-15)18(25-29-17)27-9-13(2)26-11-23-10-24-26/h4-8,10-11,13H,9H2,1-3H3. The quantitative estimate of drug-likeness (QED) is 0.409. The summed E-state index contributed by atoms with van der Waals surface area (Å²) in [7, 11) is 0. The Bertz CT molecular complexity index is 1020. The molecule has 1 atom stereocenters. The van der Waals surface area contributed by atoms with E-state index in [9.17, 15) is 13.2 Å². The van der Waals surface area contributed by atoms with Gasteiger partial charge in [-0.15, -0.1) is 13.2 Å². The maximum absolute atomic E-state index is 12.2. The summed E-state index contributed by atoms with van der Waals surface area (Å²) in [4.78, 5) is 3.90. The van der Waals surface area contributed by atoms with Crippen LogP contribution >= 0.6 is 0 Å². The first-order valence-electron chi connectivity index (χ1n) is 8.70. The Morgan fingerprint density at radius 1 is 1.28 bits per heavy atom. The molecule has 0 saturated carbocycles. The minimum atomic E-state index is -4.71. The number of hydrogen-bond acceptors (Lipinski definition) is 6. The number of hydrogen-bond donors (Lipinski definition) is 0. The van der Waals surface area contributed by atoms with Crippen molar-refractivity contribution in [2.75, 3.05) is 6.61 Å². The number of allylic oxidation sites excluding steroid dienone is 4. The third-order valence-corrected chi connectivity index (χ3v) is 4.09. The summed E-state index contributed by atoms with van der Waals surface area (Å²) >= 11 is 0. The number of fused-ring (bicyclic) bond motifs is 1. The lowest BCUT2D eigenvalue weighted by atomic mass is 10.1. The van der Waals surface area contributed by atoms with E-state index in [-0.39, 0.29) is 11.8 Å². The molecule has 2 aromatic heterocycles. The lowest BCUT2D eigenvalue weighted by Gasteiger charge is -2.11. The van der Waals surface area contributed by atoms with Crippen LogP contribution in [0.5, 0.6) is 5.88 Å². The fourth-order valence-electron chi connectivity index (χ4n) is 2.54. The van der Waals surface area contributed by atoms with Crippen molar-refractivity contribution >= 4 is 16.5 Å². The van der Waals surface area contributed by atoms with Crippen molar-refractivity contribution in [1.82, 2.24) is 19.9 Å². The summed E-state index contributed by atoms with van der Waals surface area (Å²) in [5, 5.41) is 8.67. The largest absolute Gasteiger partial charge is 0.572 e. The van der Waals surface area contributed by atoms with Crippen LogP contribution in [0.1, 0.15) is 32.4 Å². The van der Waals surface area contributed by atoms with Crippen molar-refractivity contribution in [1.29, 1.82) is 0 Å². The average Bonchev–Trinajstić information content (AvgIpc) is 3.32. The molecule has 0 amide bonds. The molecule has 10 heteroatoms. The summed E-state index contributed by atoms with van der Waals surface area (Å²) < 4.78 is 53.2. The van der Waals surface area contributed by atoms with Crippen molar-refractivity contribution in [2.45, 2.75) is 33.2 Å². The first-order valence-corrected chi connectivity index (χ1v) is 8.70. The molecule has 7 nitrogen and oxygen atoms in total. The SMILES string of the molecule is CC(=CC=C(C)c1ccc2onc(OCC(C)n3cncn3)c2c1)OC(F)(F)F. The van der Waals surface area contributed by atoms with Crippen LogP contribution in [0.25, 0.3) is 16.5 Å². The smallest absolute Gasteiger partial charge is 0.473 e. The monoisotopic (exact) mass is 408 g/mol. The van der Waals surface area contributed by atoms with Gasteiger partial charge in [0.05, 0.1) is 11.4 Å². The lowest BCUT2D eigenvalue weighted by Crippen LogP contribution is -2.14. The molecular formula is C19H19F3N4O3. The zero-order chi connectivity index (χ0) is 21.0. The third kappa shape index (κ3) is 5.37. The second-order valence-electron chi connectivity index (χ2n) is 6.41. The highest BCUT2D eigenvalue weighted by molar-refractivity contribution is 5.86. The number of ether oxygens (including phenoxy) is 2. The highest BCUT2D eigenvalue weighted by Crippen LogP contribution is 2.29. The van der Waals surface area contributed by atoms with Gasteiger partial charge < -0.3 is 14.0 Å². The number of aromatic nitrogens is 4. The van der Waals surface area contributed by atoms with Gasteiger partial charge in [-0.25, -0.2) is 9.67 Å². The number of benzene rings is 1. The molecule has 0 bridgehead atoms. The van der Waals surface area contributed by atoms with Gasteiger partial charge in [0.2, 0.25) is 0 Å². The molecule has 0 spiro atoms. The van der Waals surface area contributed by atoms with E-state index in [2.05, 4.69) is 20.0 Å². The van der Waals surface area contributed by atoms with Crippen LogP contribution in [-0.4, -0.2) is 32.9 Å². The van der Waals surface area contributed by atoms with Crippen molar-refractivity contribution in [2.24, 2.45) is 0 Å². The molecule has 0 fully saturated rings. The molecular weight excluding hydrogens is 389 g/mol. The number of nitrogens with zero attached hydrogens (tertiary/aromatic N) is 4. The minimum absolute atomic E-state index is 0.0594. The number of alkyl halides is 3. The van der Waals surface area contributed by atoms with E-state index in [1.165, 1.54) is 19.3 Å². The van der Waals surface area contributed by atoms with Gasteiger partial charge in [0.15, 0.2) is 5.58 Å². The Morgan fingerprint density at radius 3 is 2.76 bits per heavy atom. The second-order valence-corrected chi connectivity index (χ2v) is 6.41. The van der Waals surface area contributed by atoms with Gasteiger partial charge in [-0.3, -0.25) is 0 Å². The first kappa shape index (κ1) is 20.4. The van der Waals surface area contributed by atoms with Gasteiger partial charge in [0, 0.05) is 0 Å². The van der Waals surface area contributed by atoms with Gasteiger partial charge in [0.25, 0.3) is 5.88 Å². The van der Waals surface area contributed by atoms with Crippen molar-refractivity contribution < 1.29 is 27.2 Å². The lowest BCUT2D eigenvalue weighted by molar-refractivity contribution is -0.305. The summed E-state index contributed by atoms with van der Waals surface area (Å²) in [5.41, 5.74) is 2.06. The predicted octanol–water partition coefficient (Wildman–Crippen LogP) is 4.90. The van der Waals surface area contributed by atoms with Crippen molar-refractivity contribution in [3.8, 4) is 5.88 Å². The maximum Gasteiger partial charge on any atom is 0.572 e.